The van der Waals surface area contributed by atoms with Crippen molar-refractivity contribution in [2.75, 3.05) is 7.11 Å². The molecular weight excluding hydrogens is 431 g/mol. The summed E-state index contributed by atoms with van der Waals surface area (Å²) in [5.74, 6) is -3.38. The van der Waals surface area contributed by atoms with E-state index in [0.717, 1.165) is 11.8 Å². The van der Waals surface area contributed by atoms with E-state index in [9.17, 15) is 24.6 Å². The van der Waals surface area contributed by atoms with E-state index < -0.39 is 35.9 Å². The van der Waals surface area contributed by atoms with E-state index in [1.54, 1.807) is 0 Å². The molecule has 148 valence electrons. The van der Waals surface area contributed by atoms with E-state index in [1.807, 2.05) is 6.92 Å². The smallest absolute Gasteiger partial charge is 0.543 e. The van der Waals surface area contributed by atoms with E-state index in [0.29, 0.717) is 13.9 Å². The zero-order valence-corrected chi connectivity index (χ0v) is 19.6. The molecule has 0 saturated carbocycles. The average Bonchev–Trinajstić information content (AvgIpc) is 3.24. The number of esters is 1. The van der Waals surface area contributed by atoms with Gasteiger partial charge in [0.25, 0.3) is 0 Å². The standard InChI is InChI=1S/C17H16N2O7S2.Na/c1-5-10-9(6(2)20)14(21)19(10)11(15(22)23)12(5)28-17-18-13-8(27-17)4-7(26-13)16(24)25-3;/h4-6,9-10,20H,1-3H3,(H,22,23);/q;+1/p-1/t5-,6-,9-,10-;/m1./s1. The van der Waals surface area contributed by atoms with Crippen LogP contribution in [0.15, 0.2) is 25.4 Å². The maximum Gasteiger partial charge on any atom is 1.00 e. The molecule has 4 atom stereocenters. The Morgan fingerprint density at radius 1 is 1.48 bits per heavy atom. The number of methoxy groups -OCH3 is 1. The average molecular weight is 446 g/mol. The Morgan fingerprint density at radius 2 is 2.17 bits per heavy atom. The molecule has 2 aromatic rings. The summed E-state index contributed by atoms with van der Waals surface area (Å²) in [6.07, 6.45) is -0.873. The summed E-state index contributed by atoms with van der Waals surface area (Å²) in [4.78, 5) is 41.5. The zero-order chi connectivity index (χ0) is 20.3. The van der Waals surface area contributed by atoms with Crippen molar-refractivity contribution in [1.29, 1.82) is 0 Å². The van der Waals surface area contributed by atoms with E-state index in [2.05, 4.69) is 9.72 Å². The second kappa shape index (κ2) is 8.05. The largest absolute Gasteiger partial charge is 1.00 e. The summed E-state index contributed by atoms with van der Waals surface area (Å²) in [5.41, 5.74) is 0.0711. The number of thioether (sulfide) groups is 1. The minimum absolute atomic E-state index is 0. The summed E-state index contributed by atoms with van der Waals surface area (Å²) in [5, 5.41) is 21.6. The van der Waals surface area contributed by atoms with Gasteiger partial charge in [0.05, 0.1) is 41.5 Å². The van der Waals surface area contributed by atoms with Gasteiger partial charge < -0.3 is 29.1 Å². The van der Waals surface area contributed by atoms with Crippen LogP contribution in [0.5, 0.6) is 0 Å². The van der Waals surface area contributed by atoms with Crippen molar-refractivity contribution >= 4 is 51.4 Å². The van der Waals surface area contributed by atoms with Gasteiger partial charge in [-0.15, -0.1) is 11.3 Å². The van der Waals surface area contributed by atoms with Crippen molar-refractivity contribution in [3.05, 3.63) is 22.4 Å². The Balaban J connectivity index is 0.00000240. The molecule has 4 rings (SSSR count). The van der Waals surface area contributed by atoms with Crippen LogP contribution < -0.4 is 34.7 Å². The molecule has 12 heteroatoms. The Kier molecular flexibility index (Phi) is 6.19. The van der Waals surface area contributed by atoms with Gasteiger partial charge in [-0.05, 0) is 6.92 Å². The quantitative estimate of drug-likeness (QED) is 0.303. The number of ether oxygens (including phenoxy) is 1. The molecule has 2 aliphatic heterocycles. The number of aliphatic hydroxyl groups excluding tert-OH is 1. The van der Waals surface area contributed by atoms with Crippen molar-refractivity contribution < 1.29 is 63.3 Å². The molecular formula is C17H15N2NaO7S2. The second-order valence-corrected chi connectivity index (χ2v) is 8.93. The van der Waals surface area contributed by atoms with E-state index >= 15 is 0 Å². The normalized spacial score (nSPS) is 24.2. The van der Waals surface area contributed by atoms with Crippen molar-refractivity contribution in [2.45, 2.75) is 30.3 Å². The molecule has 2 aromatic heterocycles. The molecule has 29 heavy (non-hydrogen) atoms. The van der Waals surface area contributed by atoms with Crippen molar-refractivity contribution in [1.82, 2.24) is 9.88 Å². The fourth-order valence-electron chi connectivity index (χ4n) is 3.70. The molecule has 0 aromatic carbocycles. The molecule has 0 radical (unpaired) electrons. The number of rotatable bonds is 5. The van der Waals surface area contributed by atoms with Crippen LogP contribution in [0.1, 0.15) is 24.4 Å². The Labute approximate surface area is 195 Å². The number of hydrogen-bond acceptors (Lipinski definition) is 10. The van der Waals surface area contributed by atoms with Crippen LogP contribution in [0.25, 0.3) is 10.4 Å². The zero-order valence-electron chi connectivity index (χ0n) is 16.0. The van der Waals surface area contributed by atoms with Crippen LogP contribution in [0.3, 0.4) is 0 Å². The van der Waals surface area contributed by atoms with Gasteiger partial charge in [0, 0.05) is 16.9 Å². The number of aliphatic carboxylic acids is 1. The van der Waals surface area contributed by atoms with Gasteiger partial charge in [0.2, 0.25) is 17.4 Å². The number of furan rings is 1. The van der Waals surface area contributed by atoms with Crippen LogP contribution in [0.4, 0.5) is 0 Å². The first-order valence-electron chi connectivity index (χ1n) is 8.37. The number of carboxylic acid groups (broad SMARTS) is 1. The minimum atomic E-state index is -1.44. The first-order valence-corrected chi connectivity index (χ1v) is 10.0. The number of carbonyl (C=O) groups excluding carboxylic acids is 3. The number of fused-ring (bicyclic) bond motifs is 2. The van der Waals surface area contributed by atoms with Crippen molar-refractivity contribution in [2.24, 2.45) is 11.8 Å². The van der Waals surface area contributed by atoms with Gasteiger partial charge >= 0.3 is 35.5 Å². The summed E-state index contributed by atoms with van der Waals surface area (Å²) < 4.78 is 11.1. The molecule has 1 fully saturated rings. The number of thiazole rings is 1. The molecule has 1 saturated heterocycles. The minimum Gasteiger partial charge on any atom is -0.543 e. The molecule has 0 bridgehead atoms. The maximum absolute atomic E-state index is 12.3. The van der Waals surface area contributed by atoms with Crippen molar-refractivity contribution in [3.63, 3.8) is 0 Å². The third-order valence-corrected chi connectivity index (χ3v) is 7.28. The fraction of sp³-hybridized carbons (Fsp3) is 0.412. The number of aromatic nitrogens is 1. The topological polar surface area (TPSA) is 133 Å². The number of hydrogen-bond donors (Lipinski definition) is 1. The van der Waals surface area contributed by atoms with Crippen LogP contribution in [-0.4, -0.2) is 52.1 Å². The van der Waals surface area contributed by atoms with Crippen LogP contribution in [0.2, 0.25) is 0 Å². The van der Waals surface area contributed by atoms with Gasteiger partial charge in [0.15, 0.2) is 4.34 Å². The fourth-order valence-corrected chi connectivity index (χ4v) is 5.98. The van der Waals surface area contributed by atoms with Gasteiger partial charge in [-0.1, -0.05) is 18.7 Å². The summed E-state index contributed by atoms with van der Waals surface area (Å²) in [7, 11) is 1.24. The molecule has 0 spiro atoms. The third kappa shape index (κ3) is 3.43. The first kappa shape index (κ1) is 22.3. The number of amides is 1. The number of carbonyl (C=O) groups is 3. The number of aliphatic hydroxyl groups is 1. The van der Waals surface area contributed by atoms with Crippen molar-refractivity contribution in [3.8, 4) is 0 Å². The first-order chi connectivity index (χ1) is 13.2. The predicted octanol–water partition coefficient (Wildman–Crippen LogP) is -2.41. The predicted molar refractivity (Wildman–Crippen MR) is 96.1 cm³/mol. The molecule has 1 N–H and O–H groups in total. The molecule has 1 amide bonds. The Hall–Kier alpha value is -1.37. The third-order valence-electron chi connectivity index (χ3n) is 4.96. The van der Waals surface area contributed by atoms with E-state index in [4.69, 9.17) is 4.42 Å². The monoisotopic (exact) mass is 446 g/mol. The maximum atomic E-state index is 12.3. The van der Waals surface area contributed by atoms with E-state index in [-0.39, 0.29) is 52.6 Å². The molecule has 2 aliphatic rings. The molecule has 0 unspecified atom stereocenters. The van der Waals surface area contributed by atoms with Crippen LogP contribution in [0, 0.1) is 11.8 Å². The molecule has 0 aliphatic carbocycles. The summed E-state index contributed by atoms with van der Waals surface area (Å²) in [6.45, 7) is 3.33. The summed E-state index contributed by atoms with van der Waals surface area (Å²) >= 11 is 2.35. The molecule has 4 heterocycles. The second-order valence-electron chi connectivity index (χ2n) is 6.61. The van der Waals surface area contributed by atoms with Gasteiger partial charge in [-0.25, -0.2) is 4.79 Å². The number of carboxylic acids is 1. The number of nitrogens with zero attached hydrogens (tertiary/aromatic N) is 2. The Bertz CT molecular complexity index is 1010. The molecule has 9 nitrogen and oxygen atoms in total. The van der Waals surface area contributed by atoms with Crippen LogP contribution >= 0.6 is 23.1 Å². The summed E-state index contributed by atoms with van der Waals surface area (Å²) in [6, 6.07) is 1.09. The van der Waals surface area contributed by atoms with Gasteiger partial charge in [-0.3, -0.25) is 4.79 Å². The van der Waals surface area contributed by atoms with Gasteiger partial charge in [0.1, 0.15) is 0 Å². The number of β-lactam (4-membered cyclic amide) rings is 1. The SMILES string of the molecule is COC(=O)c1cc2sc(SC3=C(C(=O)[O-])N4C(=O)[C@H]([C@@H](C)O)[C@H]4[C@H]3C)nc2o1.[Na+]. The van der Waals surface area contributed by atoms with E-state index in [1.165, 1.54) is 36.3 Å². The van der Waals surface area contributed by atoms with Gasteiger partial charge in [-0.2, -0.15) is 4.98 Å². The Morgan fingerprint density at radius 3 is 2.72 bits per heavy atom. The van der Waals surface area contributed by atoms with Crippen LogP contribution in [-0.2, 0) is 14.3 Å².